The Morgan fingerprint density at radius 2 is 1.68 bits per heavy atom. The van der Waals surface area contributed by atoms with E-state index in [0.29, 0.717) is 6.61 Å². The maximum absolute atomic E-state index is 12.2. The van der Waals surface area contributed by atoms with E-state index in [1.165, 1.54) is 0 Å². The molecule has 150 valence electrons. The van der Waals surface area contributed by atoms with Crippen LogP contribution in [0.5, 0.6) is 5.75 Å². The second-order valence-electron chi connectivity index (χ2n) is 6.83. The summed E-state index contributed by atoms with van der Waals surface area (Å²) < 4.78 is 5.57. The first-order chi connectivity index (χ1) is 13.4. The minimum atomic E-state index is -0.257. The molecule has 0 radical (unpaired) electrons. The first kappa shape index (κ1) is 21.3. The highest BCUT2D eigenvalue weighted by Crippen LogP contribution is 2.21. The number of carbonyl (C=O) groups is 2. The third kappa shape index (κ3) is 6.61. The second-order valence-corrected chi connectivity index (χ2v) is 6.83. The lowest BCUT2D eigenvalue weighted by atomic mass is 10.1. The normalized spacial score (nSPS) is 10.3. The molecule has 0 aromatic heterocycles. The predicted octanol–water partition coefficient (Wildman–Crippen LogP) is 3.57. The summed E-state index contributed by atoms with van der Waals surface area (Å²) in [4.78, 5) is 24.2. The molecule has 0 saturated carbocycles. The van der Waals surface area contributed by atoms with Crippen molar-refractivity contribution >= 4 is 23.2 Å². The molecule has 6 nitrogen and oxygen atoms in total. The third-order valence-corrected chi connectivity index (χ3v) is 4.15. The number of benzene rings is 2. The summed E-state index contributed by atoms with van der Waals surface area (Å²) in [6, 6.07) is 11.5. The molecule has 0 aliphatic carbocycles. The SMILES string of the molecule is CCCOc1cccc(NCC(=O)NCC(=O)Nc2c(C)cc(C)cc2C)c1. The number of hydrogen-bond acceptors (Lipinski definition) is 4. The Balaban J connectivity index is 1.79. The Morgan fingerprint density at radius 1 is 0.964 bits per heavy atom. The zero-order chi connectivity index (χ0) is 20.5. The van der Waals surface area contributed by atoms with E-state index in [2.05, 4.69) is 16.0 Å². The van der Waals surface area contributed by atoms with E-state index in [0.717, 1.165) is 40.2 Å². The van der Waals surface area contributed by atoms with Crippen molar-refractivity contribution in [3.05, 3.63) is 53.1 Å². The van der Waals surface area contributed by atoms with Gasteiger partial charge < -0.3 is 20.7 Å². The summed E-state index contributed by atoms with van der Waals surface area (Å²) in [6.45, 7) is 8.63. The average Bonchev–Trinajstić information content (AvgIpc) is 2.66. The van der Waals surface area contributed by atoms with Crippen molar-refractivity contribution in [2.75, 3.05) is 30.3 Å². The van der Waals surface area contributed by atoms with Crippen molar-refractivity contribution in [2.24, 2.45) is 0 Å². The fraction of sp³-hybridized carbons (Fsp3) is 0.364. The molecule has 2 rings (SSSR count). The summed E-state index contributed by atoms with van der Waals surface area (Å²) in [6.07, 6.45) is 0.934. The molecule has 0 spiro atoms. The minimum Gasteiger partial charge on any atom is -0.494 e. The lowest BCUT2D eigenvalue weighted by Crippen LogP contribution is -2.36. The number of anilines is 2. The van der Waals surface area contributed by atoms with Crippen LogP contribution < -0.4 is 20.7 Å². The summed E-state index contributed by atoms with van der Waals surface area (Å²) in [5.41, 5.74) is 4.75. The van der Waals surface area contributed by atoms with Crippen molar-refractivity contribution in [3.63, 3.8) is 0 Å². The number of aryl methyl sites for hydroxylation is 3. The van der Waals surface area contributed by atoms with E-state index < -0.39 is 0 Å². The van der Waals surface area contributed by atoms with E-state index in [1.807, 2.05) is 64.1 Å². The topological polar surface area (TPSA) is 79.5 Å². The molecule has 0 bridgehead atoms. The monoisotopic (exact) mass is 383 g/mol. The molecule has 0 aliphatic rings. The van der Waals surface area contributed by atoms with Crippen molar-refractivity contribution < 1.29 is 14.3 Å². The first-order valence-electron chi connectivity index (χ1n) is 9.50. The Hall–Kier alpha value is -3.02. The molecular formula is C22H29N3O3. The van der Waals surface area contributed by atoms with Gasteiger partial charge in [-0.3, -0.25) is 9.59 Å². The molecule has 0 unspecified atom stereocenters. The Labute approximate surface area is 166 Å². The maximum Gasteiger partial charge on any atom is 0.243 e. The Kier molecular flexibility index (Phi) is 7.87. The van der Waals surface area contributed by atoms with E-state index in [9.17, 15) is 9.59 Å². The zero-order valence-corrected chi connectivity index (χ0v) is 17.0. The van der Waals surface area contributed by atoms with E-state index in [-0.39, 0.29) is 24.9 Å². The fourth-order valence-corrected chi connectivity index (χ4v) is 2.90. The summed E-state index contributed by atoms with van der Waals surface area (Å²) in [5.74, 6) is 0.251. The molecule has 0 saturated heterocycles. The van der Waals surface area contributed by atoms with Gasteiger partial charge in [0.1, 0.15) is 5.75 Å². The number of ether oxygens (including phenoxy) is 1. The molecule has 2 amide bonds. The Bertz CT molecular complexity index is 811. The number of rotatable bonds is 9. The first-order valence-corrected chi connectivity index (χ1v) is 9.50. The Morgan fingerprint density at radius 3 is 2.36 bits per heavy atom. The molecule has 0 atom stereocenters. The number of hydrogen-bond donors (Lipinski definition) is 3. The summed E-state index contributed by atoms with van der Waals surface area (Å²) >= 11 is 0. The van der Waals surface area contributed by atoms with Crippen molar-refractivity contribution in [1.82, 2.24) is 5.32 Å². The quantitative estimate of drug-likeness (QED) is 0.618. The lowest BCUT2D eigenvalue weighted by molar-refractivity contribution is -0.122. The molecule has 0 aliphatic heterocycles. The van der Waals surface area contributed by atoms with Crippen LogP contribution >= 0.6 is 0 Å². The molecule has 0 fully saturated rings. The van der Waals surface area contributed by atoms with Crippen molar-refractivity contribution in [3.8, 4) is 5.75 Å². The van der Waals surface area contributed by atoms with E-state index in [1.54, 1.807) is 0 Å². The number of amides is 2. The van der Waals surface area contributed by atoms with Gasteiger partial charge in [-0.05, 0) is 50.5 Å². The smallest absolute Gasteiger partial charge is 0.243 e. The van der Waals surface area contributed by atoms with Gasteiger partial charge in [0.15, 0.2) is 0 Å². The largest absolute Gasteiger partial charge is 0.494 e. The molecule has 6 heteroatoms. The van der Waals surface area contributed by atoms with Crippen LogP contribution in [0.15, 0.2) is 36.4 Å². The predicted molar refractivity (Wildman–Crippen MR) is 113 cm³/mol. The van der Waals surface area contributed by atoms with Crippen LogP contribution in [-0.2, 0) is 9.59 Å². The maximum atomic E-state index is 12.2. The molecule has 2 aromatic rings. The van der Waals surface area contributed by atoms with Gasteiger partial charge in [0.25, 0.3) is 0 Å². The van der Waals surface area contributed by atoms with Gasteiger partial charge in [0.2, 0.25) is 11.8 Å². The summed E-state index contributed by atoms with van der Waals surface area (Å²) in [5, 5.41) is 8.53. The van der Waals surface area contributed by atoms with Gasteiger partial charge in [-0.1, -0.05) is 30.7 Å². The van der Waals surface area contributed by atoms with Crippen LogP contribution in [0.1, 0.15) is 30.0 Å². The van der Waals surface area contributed by atoms with Crippen LogP contribution in [0, 0.1) is 20.8 Å². The van der Waals surface area contributed by atoms with Gasteiger partial charge >= 0.3 is 0 Å². The van der Waals surface area contributed by atoms with E-state index in [4.69, 9.17) is 4.74 Å². The highest BCUT2D eigenvalue weighted by molar-refractivity contribution is 5.96. The standard InChI is InChI=1S/C22H29N3O3/c1-5-9-28-19-8-6-7-18(12-19)23-13-20(26)24-14-21(27)25-22-16(3)10-15(2)11-17(22)4/h6-8,10-12,23H,5,9,13-14H2,1-4H3,(H,24,26)(H,25,27). The van der Waals surface area contributed by atoms with Gasteiger partial charge in [0, 0.05) is 17.4 Å². The van der Waals surface area contributed by atoms with Gasteiger partial charge in [-0.25, -0.2) is 0 Å². The average molecular weight is 383 g/mol. The van der Waals surface area contributed by atoms with Crippen LogP contribution in [0.25, 0.3) is 0 Å². The second kappa shape index (κ2) is 10.3. The van der Waals surface area contributed by atoms with Crippen LogP contribution in [0.4, 0.5) is 11.4 Å². The summed E-state index contributed by atoms with van der Waals surface area (Å²) in [7, 11) is 0. The minimum absolute atomic E-state index is 0.0765. The molecule has 2 aromatic carbocycles. The lowest BCUT2D eigenvalue weighted by Gasteiger charge is -2.13. The zero-order valence-electron chi connectivity index (χ0n) is 17.0. The van der Waals surface area contributed by atoms with Gasteiger partial charge in [0.05, 0.1) is 19.7 Å². The highest BCUT2D eigenvalue weighted by atomic mass is 16.5. The molecule has 0 heterocycles. The molecule has 28 heavy (non-hydrogen) atoms. The molecular weight excluding hydrogens is 354 g/mol. The third-order valence-electron chi connectivity index (χ3n) is 4.15. The highest BCUT2D eigenvalue weighted by Gasteiger charge is 2.10. The molecule has 3 N–H and O–H groups in total. The van der Waals surface area contributed by atoms with Crippen LogP contribution in [-0.4, -0.2) is 31.5 Å². The van der Waals surface area contributed by atoms with Crippen LogP contribution in [0.3, 0.4) is 0 Å². The number of nitrogens with one attached hydrogen (secondary N) is 3. The van der Waals surface area contributed by atoms with Crippen molar-refractivity contribution in [1.29, 1.82) is 0 Å². The number of carbonyl (C=O) groups excluding carboxylic acids is 2. The van der Waals surface area contributed by atoms with Gasteiger partial charge in [-0.2, -0.15) is 0 Å². The van der Waals surface area contributed by atoms with E-state index >= 15 is 0 Å². The fourth-order valence-electron chi connectivity index (χ4n) is 2.90. The van der Waals surface area contributed by atoms with Crippen molar-refractivity contribution in [2.45, 2.75) is 34.1 Å². The van der Waals surface area contributed by atoms with Gasteiger partial charge in [-0.15, -0.1) is 0 Å². The van der Waals surface area contributed by atoms with Crippen LogP contribution in [0.2, 0.25) is 0 Å².